The second kappa shape index (κ2) is 7.88. The van der Waals surface area contributed by atoms with Gasteiger partial charge in [0.2, 0.25) is 0 Å². The maximum absolute atomic E-state index is 12.1. The molecule has 0 aliphatic rings. The Morgan fingerprint density at radius 1 is 0.957 bits per heavy atom. The molecular weight excluding hydrogens is 310 g/mol. The zero-order valence-corrected chi connectivity index (χ0v) is 14.5. The van der Waals surface area contributed by atoms with Crippen LogP contribution in [0.25, 0.3) is 0 Å². The third-order valence-electron chi connectivity index (χ3n) is 3.58. The molecule has 0 atom stereocenters. The van der Waals surface area contributed by atoms with Crippen LogP contribution in [0.4, 0.5) is 10.5 Å². The summed E-state index contributed by atoms with van der Waals surface area (Å²) in [6.07, 6.45) is 0. The Kier molecular flexibility index (Phi) is 5.88. The van der Waals surface area contributed by atoms with Crippen molar-refractivity contribution in [3.63, 3.8) is 0 Å². The number of benzene rings is 2. The van der Waals surface area contributed by atoms with E-state index in [4.69, 9.17) is 11.6 Å². The Morgan fingerprint density at radius 3 is 2.09 bits per heavy atom. The van der Waals surface area contributed by atoms with Crippen LogP contribution in [-0.2, 0) is 13.1 Å². The molecule has 0 saturated heterocycles. The highest BCUT2D eigenvalue weighted by molar-refractivity contribution is 6.30. The van der Waals surface area contributed by atoms with Gasteiger partial charge >= 0.3 is 6.03 Å². The maximum atomic E-state index is 12.1. The minimum absolute atomic E-state index is 0.100. The summed E-state index contributed by atoms with van der Waals surface area (Å²) in [5, 5.41) is 3.60. The Hall–Kier alpha value is -2.20. The summed E-state index contributed by atoms with van der Waals surface area (Å²) in [6, 6.07) is 15.5. The molecule has 2 aromatic rings. The van der Waals surface area contributed by atoms with Gasteiger partial charge in [-0.25, -0.2) is 4.79 Å². The second-order valence-electron chi connectivity index (χ2n) is 5.70. The fourth-order valence-electron chi connectivity index (χ4n) is 2.16. The van der Waals surface area contributed by atoms with Gasteiger partial charge in [-0.1, -0.05) is 35.9 Å². The lowest BCUT2D eigenvalue weighted by Crippen LogP contribution is -2.36. The van der Waals surface area contributed by atoms with E-state index < -0.39 is 0 Å². The van der Waals surface area contributed by atoms with E-state index in [-0.39, 0.29) is 6.03 Å². The molecule has 2 rings (SSSR count). The lowest BCUT2D eigenvalue weighted by Gasteiger charge is -2.19. The Bertz CT molecular complexity index is 638. The molecule has 0 spiro atoms. The molecule has 2 amide bonds. The van der Waals surface area contributed by atoms with Crippen molar-refractivity contribution in [3.8, 4) is 0 Å². The molecule has 23 heavy (non-hydrogen) atoms. The number of carbonyl (C=O) groups excluding carboxylic acids is 1. The number of nitrogens with zero attached hydrogens (tertiary/aromatic N) is 2. The summed E-state index contributed by atoms with van der Waals surface area (Å²) in [7, 11) is 5.80. The molecular formula is C18H22ClN3O. The van der Waals surface area contributed by atoms with E-state index in [1.54, 1.807) is 11.9 Å². The van der Waals surface area contributed by atoms with Gasteiger partial charge in [-0.3, -0.25) is 0 Å². The van der Waals surface area contributed by atoms with Crippen LogP contribution in [0.1, 0.15) is 11.1 Å². The van der Waals surface area contributed by atoms with Gasteiger partial charge in [0, 0.05) is 44.9 Å². The Labute approximate surface area is 142 Å². The molecule has 1 N–H and O–H groups in total. The summed E-state index contributed by atoms with van der Waals surface area (Å²) in [5.41, 5.74) is 3.26. The maximum Gasteiger partial charge on any atom is 0.317 e. The summed E-state index contributed by atoms with van der Waals surface area (Å²) in [4.78, 5) is 15.9. The SMILES string of the molecule is CN(Cc1ccc(N(C)C)cc1)C(=O)NCc1ccc(Cl)cc1. The van der Waals surface area contributed by atoms with E-state index in [0.717, 1.165) is 16.8 Å². The predicted octanol–water partition coefficient (Wildman–Crippen LogP) is 3.75. The van der Waals surface area contributed by atoms with Crippen molar-refractivity contribution in [1.29, 1.82) is 0 Å². The topological polar surface area (TPSA) is 35.6 Å². The van der Waals surface area contributed by atoms with Crippen LogP contribution in [0.15, 0.2) is 48.5 Å². The smallest absolute Gasteiger partial charge is 0.317 e. The number of rotatable bonds is 5. The van der Waals surface area contributed by atoms with Gasteiger partial charge in [0.25, 0.3) is 0 Å². The number of hydrogen-bond acceptors (Lipinski definition) is 2. The normalized spacial score (nSPS) is 10.3. The van der Waals surface area contributed by atoms with Gasteiger partial charge in [-0.2, -0.15) is 0 Å². The van der Waals surface area contributed by atoms with Crippen molar-refractivity contribution in [2.75, 3.05) is 26.0 Å². The third kappa shape index (κ3) is 5.18. The van der Waals surface area contributed by atoms with E-state index in [9.17, 15) is 4.79 Å². The van der Waals surface area contributed by atoms with Crippen molar-refractivity contribution in [1.82, 2.24) is 10.2 Å². The fraction of sp³-hybridized carbons (Fsp3) is 0.278. The van der Waals surface area contributed by atoms with Crippen LogP contribution >= 0.6 is 11.6 Å². The highest BCUT2D eigenvalue weighted by atomic mass is 35.5. The Morgan fingerprint density at radius 2 is 1.52 bits per heavy atom. The summed E-state index contributed by atoms with van der Waals surface area (Å²) in [6.45, 7) is 1.06. The first-order valence-electron chi connectivity index (χ1n) is 7.45. The van der Waals surface area contributed by atoms with Gasteiger partial charge in [0.1, 0.15) is 0 Å². The summed E-state index contributed by atoms with van der Waals surface area (Å²) >= 11 is 5.85. The first kappa shape index (κ1) is 17.2. The van der Waals surface area contributed by atoms with Crippen LogP contribution < -0.4 is 10.2 Å². The zero-order chi connectivity index (χ0) is 16.8. The zero-order valence-electron chi connectivity index (χ0n) is 13.7. The van der Waals surface area contributed by atoms with Gasteiger partial charge in [-0.15, -0.1) is 0 Å². The number of amides is 2. The van der Waals surface area contributed by atoms with Crippen molar-refractivity contribution < 1.29 is 4.79 Å². The number of urea groups is 1. The average molecular weight is 332 g/mol. The van der Waals surface area contributed by atoms with Gasteiger partial charge in [0.15, 0.2) is 0 Å². The van der Waals surface area contributed by atoms with Gasteiger partial charge < -0.3 is 15.1 Å². The van der Waals surface area contributed by atoms with E-state index in [2.05, 4.69) is 17.4 Å². The highest BCUT2D eigenvalue weighted by Crippen LogP contribution is 2.13. The minimum Gasteiger partial charge on any atom is -0.378 e. The van der Waals surface area contributed by atoms with Crippen LogP contribution in [0.3, 0.4) is 0 Å². The molecule has 2 aromatic carbocycles. The number of nitrogens with one attached hydrogen (secondary N) is 1. The molecule has 4 nitrogen and oxygen atoms in total. The van der Waals surface area contributed by atoms with Crippen LogP contribution in [0, 0.1) is 0 Å². The van der Waals surface area contributed by atoms with Crippen LogP contribution in [-0.4, -0.2) is 32.1 Å². The number of hydrogen-bond donors (Lipinski definition) is 1. The van der Waals surface area contributed by atoms with Crippen LogP contribution in [0.2, 0.25) is 5.02 Å². The molecule has 122 valence electrons. The van der Waals surface area contributed by atoms with Crippen molar-refractivity contribution in [2.45, 2.75) is 13.1 Å². The summed E-state index contributed by atoms with van der Waals surface area (Å²) < 4.78 is 0. The van der Waals surface area contributed by atoms with E-state index in [1.165, 1.54) is 0 Å². The van der Waals surface area contributed by atoms with Crippen molar-refractivity contribution >= 4 is 23.3 Å². The monoisotopic (exact) mass is 331 g/mol. The highest BCUT2D eigenvalue weighted by Gasteiger charge is 2.09. The summed E-state index contributed by atoms with van der Waals surface area (Å²) in [5.74, 6) is 0. The molecule has 0 saturated carbocycles. The molecule has 0 heterocycles. The minimum atomic E-state index is -0.100. The number of anilines is 1. The quantitative estimate of drug-likeness (QED) is 0.905. The van der Waals surface area contributed by atoms with Crippen molar-refractivity contribution in [3.05, 3.63) is 64.7 Å². The van der Waals surface area contributed by atoms with E-state index in [1.807, 2.05) is 55.4 Å². The molecule has 0 fully saturated rings. The van der Waals surface area contributed by atoms with Crippen molar-refractivity contribution in [2.24, 2.45) is 0 Å². The first-order valence-corrected chi connectivity index (χ1v) is 7.83. The molecule has 0 bridgehead atoms. The van der Waals surface area contributed by atoms with E-state index in [0.29, 0.717) is 18.1 Å². The van der Waals surface area contributed by atoms with Gasteiger partial charge in [-0.05, 0) is 35.4 Å². The Balaban J connectivity index is 1.85. The fourth-order valence-corrected chi connectivity index (χ4v) is 2.29. The second-order valence-corrected chi connectivity index (χ2v) is 6.14. The largest absolute Gasteiger partial charge is 0.378 e. The lowest BCUT2D eigenvalue weighted by molar-refractivity contribution is 0.206. The van der Waals surface area contributed by atoms with Gasteiger partial charge in [0.05, 0.1) is 0 Å². The lowest BCUT2D eigenvalue weighted by atomic mass is 10.2. The molecule has 0 aliphatic carbocycles. The molecule has 0 radical (unpaired) electrons. The van der Waals surface area contributed by atoms with Crippen LogP contribution in [0.5, 0.6) is 0 Å². The molecule has 5 heteroatoms. The molecule has 0 unspecified atom stereocenters. The molecule has 0 aliphatic heterocycles. The average Bonchev–Trinajstić information content (AvgIpc) is 2.54. The predicted molar refractivity (Wildman–Crippen MR) is 95.9 cm³/mol. The number of halogens is 1. The van der Waals surface area contributed by atoms with E-state index >= 15 is 0 Å². The first-order chi connectivity index (χ1) is 11.0. The number of carbonyl (C=O) groups is 1. The standard InChI is InChI=1S/C18H22ClN3O/c1-21(2)17-10-6-15(7-11-17)13-22(3)18(23)20-12-14-4-8-16(19)9-5-14/h4-11H,12-13H2,1-3H3,(H,20,23). The molecule has 0 aromatic heterocycles. The third-order valence-corrected chi connectivity index (χ3v) is 3.83.